The van der Waals surface area contributed by atoms with Gasteiger partial charge >= 0.3 is 0 Å². The largest absolute Gasteiger partial charge is 0.296 e. The summed E-state index contributed by atoms with van der Waals surface area (Å²) in [6.07, 6.45) is 0. The van der Waals surface area contributed by atoms with Crippen LogP contribution in [0.25, 0.3) is 16.7 Å². The smallest absolute Gasteiger partial charge is 0.125 e. The summed E-state index contributed by atoms with van der Waals surface area (Å²) in [7, 11) is 0. The number of nitrogens with two attached hydrogens (primary N) is 1. The molecule has 0 amide bonds. The Morgan fingerprint density at radius 2 is 2.05 bits per heavy atom. The highest BCUT2D eigenvalue weighted by Gasteiger charge is 2.10. The van der Waals surface area contributed by atoms with Gasteiger partial charge in [-0.1, -0.05) is 6.07 Å². The van der Waals surface area contributed by atoms with E-state index in [1.165, 1.54) is 24.1 Å². The zero-order valence-corrected chi connectivity index (χ0v) is 11.1. The summed E-state index contributed by atoms with van der Waals surface area (Å²) in [5.74, 6) is 0.553. The quantitative estimate of drug-likeness (QED) is 0.727. The van der Waals surface area contributed by atoms with E-state index >= 15 is 0 Å². The highest BCUT2D eigenvalue weighted by Crippen LogP contribution is 2.24. The zero-order chi connectivity index (χ0) is 13.4. The maximum absolute atomic E-state index is 13.4. The van der Waals surface area contributed by atoms with E-state index in [0.717, 1.165) is 27.4 Å². The van der Waals surface area contributed by atoms with E-state index in [9.17, 15) is 4.39 Å². The van der Waals surface area contributed by atoms with Crippen molar-refractivity contribution < 1.29 is 4.39 Å². The number of rotatable bonds is 2. The second-order valence-corrected chi connectivity index (χ2v) is 4.95. The first-order chi connectivity index (χ1) is 9.19. The molecule has 0 radical (unpaired) electrons. The lowest BCUT2D eigenvalue weighted by Gasteiger charge is -2.08. The van der Waals surface area contributed by atoms with E-state index in [0.29, 0.717) is 0 Å². The van der Waals surface area contributed by atoms with Crippen molar-refractivity contribution in [3.8, 4) is 5.69 Å². The summed E-state index contributed by atoms with van der Waals surface area (Å²) in [5.41, 5.74) is 2.47. The number of aryl methyl sites for hydroxylation is 1. The third kappa shape index (κ3) is 2.11. The van der Waals surface area contributed by atoms with Crippen molar-refractivity contribution >= 4 is 23.0 Å². The molecule has 0 aliphatic rings. The van der Waals surface area contributed by atoms with Gasteiger partial charge in [-0.15, -0.1) is 0 Å². The first-order valence-electron chi connectivity index (χ1n) is 5.81. The Morgan fingerprint density at radius 1 is 1.21 bits per heavy atom. The summed E-state index contributed by atoms with van der Waals surface area (Å²) < 4.78 is 15.4. The van der Waals surface area contributed by atoms with Crippen molar-refractivity contribution in [2.24, 2.45) is 5.14 Å². The molecule has 3 rings (SSSR count). The van der Waals surface area contributed by atoms with E-state index in [-0.39, 0.29) is 5.82 Å². The van der Waals surface area contributed by atoms with E-state index < -0.39 is 0 Å². The third-order valence-electron chi connectivity index (χ3n) is 3.00. The molecule has 5 heteroatoms. The maximum atomic E-state index is 13.4. The van der Waals surface area contributed by atoms with Crippen molar-refractivity contribution in [3.63, 3.8) is 0 Å². The van der Waals surface area contributed by atoms with Crippen LogP contribution in [0.2, 0.25) is 0 Å². The second-order valence-electron chi connectivity index (χ2n) is 4.24. The van der Waals surface area contributed by atoms with Gasteiger partial charge < -0.3 is 0 Å². The van der Waals surface area contributed by atoms with Crippen LogP contribution in [-0.4, -0.2) is 9.55 Å². The average Bonchev–Trinajstić information content (AvgIpc) is 2.74. The lowest BCUT2D eigenvalue weighted by Crippen LogP contribution is -1.97. The lowest BCUT2D eigenvalue weighted by molar-refractivity contribution is 0.629. The Hall–Kier alpha value is -1.85. The van der Waals surface area contributed by atoms with E-state index in [1.54, 1.807) is 6.07 Å². The number of fused-ring (bicyclic) bond motifs is 1. The fraction of sp³-hybridized carbons (Fsp3) is 0.0714. The normalized spacial score (nSPS) is 11.1. The number of hydrogen-bond acceptors (Lipinski definition) is 3. The molecule has 0 bridgehead atoms. The Morgan fingerprint density at radius 3 is 2.84 bits per heavy atom. The van der Waals surface area contributed by atoms with Crippen LogP contribution in [0.4, 0.5) is 4.39 Å². The van der Waals surface area contributed by atoms with Crippen LogP contribution >= 0.6 is 11.9 Å². The second kappa shape index (κ2) is 4.68. The molecule has 0 saturated heterocycles. The van der Waals surface area contributed by atoms with Crippen LogP contribution in [0, 0.1) is 12.7 Å². The van der Waals surface area contributed by atoms with Gasteiger partial charge in [0.05, 0.1) is 11.0 Å². The maximum Gasteiger partial charge on any atom is 0.125 e. The molecule has 0 atom stereocenters. The minimum absolute atomic E-state index is 0.266. The highest BCUT2D eigenvalue weighted by molar-refractivity contribution is 7.97. The summed E-state index contributed by atoms with van der Waals surface area (Å²) >= 11 is 1.19. The first-order valence-corrected chi connectivity index (χ1v) is 6.69. The number of aromatic nitrogens is 2. The Labute approximate surface area is 114 Å². The summed E-state index contributed by atoms with van der Waals surface area (Å²) in [4.78, 5) is 5.40. The van der Waals surface area contributed by atoms with Crippen LogP contribution in [-0.2, 0) is 0 Å². The molecule has 0 saturated carbocycles. The Bertz CT molecular complexity index is 752. The van der Waals surface area contributed by atoms with Gasteiger partial charge in [-0.3, -0.25) is 9.71 Å². The van der Waals surface area contributed by atoms with E-state index in [1.807, 2.05) is 35.8 Å². The summed E-state index contributed by atoms with van der Waals surface area (Å²) in [6.45, 7) is 1.90. The average molecular weight is 273 g/mol. The number of benzene rings is 2. The minimum atomic E-state index is -0.266. The molecule has 1 aromatic heterocycles. The molecule has 0 spiro atoms. The molecule has 19 heavy (non-hydrogen) atoms. The SMILES string of the molecule is Cc1nc2ccc(F)cc2n1-c1cccc(SN)c1. The molecule has 2 N–H and O–H groups in total. The summed E-state index contributed by atoms with van der Waals surface area (Å²) in [5, 5.41) is 5.58. The van der Waals surface area contributed by atoms with Gasteiger partial charge in [-0.05, 0) is 49.2 Å². The predicted molar refractivity (Wildman–Crippen MR) is 75.8 cm³/mol. The van der Waals surface area contributed by atoms with Gasteiger partial charge in [0.2, 0.25) is 0 Å². The topological polar surface area (TPSA) is 43.8 Å². The number of hydrogen-bond donors (Lipinski definition) is 1. The van der Waals surface area contributed by atoms with E-state index in [4.69, 9.17) is 5.14 Å². The molecule has 0 aliphatic carbocycles. The summed E-state index contributed by atoms with van der Waals surface area (Å²) in [6, 6.07) is 12.4. The van der Waals surface area contributed by atoms with Crippen LogP contribution < -0.4 is 5.14 Å². The van der Waals surface area contributed by atoms with Gasteiger partial charge in [-0.2, -0.15) is 0 Å². The van der Waals surface area contributed by atoms with Crippen molar-refractivity contribution in [1.29, 1.82) is 0 Å². The van der Waals surface area contributed by atoms with E-state index in [2.05, 4.69) is 4.98 Å². The molecule has 0 aliphatic heterocycles. The van der Waals surface area contributed by atoms with Crippen molar-refractivity contribution in [2.75, 3.05) is 0 Å². The minimum Gasteiger partial charge on any atom is -0.296 e. The van der Waals surface area contributed by atoms with Gasteiger partial charge in [0.25, 0.3) is 0 Å². The monoisotopic (exact) mass is 273 g/mol. The van der Waals surface area contributed by atoms with Gasteiger partial charge in [-0.25, -0.2) is 9.37 Å². The lowest BCUT2D eigenvalue weighted by atomic mass is 10.2. The van der Waals surface area contributed by atoms with Crippen molar-refractivity contribution in [3.05, 3.63) is 54.1 Å². The molecule has 0 unspecified atom stereocenters. The molecule has 3 nitrogen and oxygen atoms in total. The highest BCUT2D eigenvalue weighted by atomic mass is 32.2. The molecular formula is C14H12FN3S. The molecular weight excluding hydrogens is 261 g/mol. The van der Waals surface area contributed by atoms with Crippen LogP contribution in [0.5, 0.6) is 0 Å². The first kappa shape index (κ1) is 12.2. The van der Waals surface area contributed by atoms with Gasteiger partial charge in [0, 0.05) is 16.6 Å². The fourth-order valence-corrected chi connectivity index (χ4v) is 2.54. The number of halogens is 1. The van der Waals surface area contributed by atoms with Crippen molar-refractivity contribution in [2.45, 2.75) is 11.8 Å². The molecule has 1 heterocycles. The number of nitrogens with zero attached hydrogens (tertiary/aromatic N) is 2. The zero-order valence-electron chi connectivity index (χ0n) is 10.3. The fourth-order valence-electron chi connectivity index (χ4n) is 2.19. The predicted octanol–water partition coefficient (Wildman–Crippen LogP) is 3.44. The van der Waals surface area contributed by atoms with Crippen LogP contribution in [0.15, 0.2) is 47.4 Å². The Kier molecular flexibility index (Phi) is 3.00. The number of imidazole rings is 1. The van der Waals surface area contributed by atoms with Crippen LogP contribution in [0.3, 0.4) is 0 Å². The molecule has 0 fully saturated rings. The van der Waals surface area contributed by atoms with Gasteiger partial charge in [0.15, 0.2) is 0 Å². The third-order valence-corrected chi connectivity index (χ3v) is 3.52. The molecule has 96 valence electrons. The molecule has 3 aromatic rings. The van der Waals surface area contributed by atoms with Crippen LogP contribution in [0.1, 0.15) is 5.82 Å². The molecule has 2 aromatic carbocycles. The van der Waals surface area contributed by atoms with Gasteiger partial charge in [0.1, 0.15) is 11.6 Å². The van der Waals surface area contributed by atoms with Crippen molar-refractivity contribution in [1.82, 2.24) is 9.55 Å². The Balaban J connectivity index is 2.28. The standard InChI is InChI=1S/C14H12FN3S/c1-9-17-13-6-5-10(15)7-14(13)18(9)11-3-2-4-12(8-11)19-16/h2-8H,16H2,1H3.